The predicted octanol–water partition coefficient (Wildman–Crippen LogP) is 1.50. The second-order valence-electron chi connectivity index (χ2n) is 2.66. The lowest BCUT2D eigenvalue weighted by atomic mass is 10.2. The van der Waals surface area contributed by atoms with Crippen LogP contribution in [0.3, 0.4) is 0 Å². The molecule has 0 atom stereocenters. The van der Waals surface area contributed by atoms with Gasteiger partial charge in [0.1, 0.15) is 14.1 Å². The molecule has 0 rings (SSSR count). The smallest absolute Gasteiger partial charge is 0.155 e. The average molecular weight is 179 g/mol. The molecule has 0 heterocycles. The molecule has 0 aromatic carbocycles. The Kier molecular flexibility index (Phi) is 2.67. The third-order valence-corrected chi connectivity index (χ3v) is 0.770. The molecule has 1 nitrogen and oxygen atoms in total. The standard InChI is InChI=1S/C6H13BrN/c1-6(2,7)5-8(3)4/h5H,1-4H3/q+1. The summed E-state index contributed by atoms with van der Waals surface area (Å²) >= 11 is 3.48. The van der Waals surface area contributed by atoms with Gasteiger partial charge in [-0.25, -0.2) is 4.58 Å². The summed E-state index contributed by atoms with van der Waals surface area (Å²) < 4.78 is 2.17. The van der Waals surface area contributed by atoms with Crippen molar-refractivity contribution in [3.05, 3.63) is 0 Å². The van der Waals surface area contributed by atoms with Gasteiger partial charge in [-0.15, -0.1) is 0 Å². The number of alkyl halides is 1. The lowest BCUT2D eigenvalue weighted by Crippen LogP contribution is -2.17. The van der Waals surface area contributed by atoms with Gasteiger partial charge in [-0.2, -0.15) is 0 Å². The lowest BCUT2D eigenvalue weighted by molar-refractivity contribution is -0.461. The van der Waals surface area contributed by atoms with Crippen molar-refractivity contribution in [1.82, 2.24) is 0 Å². The van der Waals surface area contributed by atoms with Crippen LogP contribution in [-0.2, 0) is 0 Å². The largest absolute Gasteiger partial charge is 0.244 e. The highest BCUT2D eigenvalue weighted by Gasteiger charge is 2.12. The zero-order valence-electron chi connectivity index (χ0n) is 5.90. The molecule has 0 spiro atoms. The van der Waals surface area contributed by atoms with Gasteiger partial charge in [0.15, 0.2) is 6.21 Å². The lowest BCUT2D eigenvalue weighted by Gasteiger charge is -2.03. The molecule has 0 aromatic rings. The summed E-state index contributed by atoms with van der Waals surface area (Å²) in [5.41, 5.74) is 0. The summed E-state index contributed by atoms with van der Waals surface area (Å²) in [6, 6.07) is 0. The highest BCUT2D eigenvalue weighted by atomic mass is 79.9. The van der Waals surface area contributed by atoms with Gasteiger partial charge in [-0.1, -0.05) is 15.9 Å². The Bertz CT molecular complexity index is 95.6. The number of nitrogens with zero attached hydrogens (tertiary/aromatic N) is 1. The van der Waals surface area contributed by atoms with Crippen LogP contribution in [0.25, 0.3) is 0 Å². The van der Waals surface area contributed by atoms with E-state index in [1.165, 1.54) is 0 Å². The van der Waals surface area contributed by atoms with Crippen LogP contribution in [0, 0.1) is 0 Å². The number of hydrogen-bond acceptors (Lipinski definition) is 0. The monoisotopic (exact) mass is 178 g/mol. The molecule has 0 bridgehead atoms. The van der Waals surface area contributed by atoms with Gasteiger partial charge in [0, 0.05) is 0 Å². The molecule has 48 valence electrons. The van der Waals surface area contributed by atoms with Gasteiger partial charge in [0.2, 0.25) is 0 Å². The first kappa shape index (κ1) is 8.15. The van der Waals surface area contributed by atoms with Gasteiger partial charge in [0.25, 0.3) is 0 Å². The molecule has 8 heavy (non-hydrogen) atoms. The summed E-state index contributed by atoms with van der Waals surface area (Å²) in [5, 5.41) is 0. The average Bonchev–Trinajstić information content (AvgIpc) is 1.21. The van der Waals surface area contributed by atoms with E-state index in [1.54, 1.807) is 0 Å². The Labute approximate surface area is 59.5 Å². The molecule has 0 N–H and O–H groups in total. The van der Waals surface area contributed by atoms with Gasteiger partial charge in [0.05, 0.1) is 4.32 Å². The van der Waals surface area contributed by atoms with Crippen molar-refractivity contribution in [2.75, 3.05) is 14.1 Å². The molecule has 0 saturated carbocycles. The maximum atomic E-state index is 3.48. The molecule has 0 aromatic heterocycles. The first-order chi connectivity index (χ1) is 3.42. The molecule has 0 amide bonds. The first-order valence-electron chi connectivity index (χ1n) is 2.63. The third-order valence-electron chi connectivity index (χ3n) is 0.565. The molecule has 0 fully saturated rings. The normalized spacial score (nSPS) is 11.1. The molecular weight excluding hydrogens is 166 g/mol. The van der Waals surface area contributed by atoms with Gasteiger partial charge >= 0.3 is 0 Å². The molecule has 0 aliphatic carbocycles. The number of rotatable bonds is 1. The predicted molar refractivity (Wildman–Crippen MR) is 41.2 cm³/mol. The zero-order chi connectivity index (χ0) is 6.78. The third kappa shape index (κ3) is 6.15. The van der Waals surface area contributed by atoms with Crippen molar-refractivity contribution in [3.63, 3.8) is 0 Å². The molecule has 0 radical (unpaired) electrons. The Morgan fingerprint density at radius 1 is 1.38 bits per heavy atom. The fourth-order valence-corrected chi connectivity index (χ4v) is 1.02. The van der Waals surface area contributed by atoms with Gasteiger partial charge < -0.3 is 0 Å². The van der Waals surface area contributed by atoms with Crippen LogP contribution in [0.15, 0.2) is 0 Å². The minimum absolute atomic E-state index is 0.135. The van der Waals surface area contributed by atoms with Crippen LogP contribution in [0.2, 0.25) is 0 Å². The maximum absolute atomic E-state index is 3.48. The first-order valence-corrected chi connectivity index (χ1v) is 3.42. The Morgan fingerprint density at radius 2 is 1.75 bits per heavy atom. The van der Waals surface area contributed by atoms with Crippen LogP contribution in [0.1, 0.15) is 13.8 Å². The van der Waals surface area contributed by atoms with Crippen LogP contribution < -0.4 is 0 Å². The van der Waals surface area contributed by atoms with E-state index in [4.69, 9.17) is 0 Å². The van der Waals surface area contributed by atoms with Crippen LogP contribution in [0.5, 0.6) is 0 Å². The molecule has 0 aliphatic rings. The van der Waals surface area contributed by atoms with E-state index >= 15 is 0 Å². The van der Waals surface area contributed by atoms with E-state index in [-0.39, 0.29) is 4.32 Å². The van der Waals surface area contributed by atoms with E-state index in [0.29, 0.717) is 0 Å². The fourth-order valence-electron chi connectivity index (χ4n) is 0.614. The molecule has 0 saturated heterocycles. The van der Waals surface area contributed by atoms with Gasteiger partial charge in [-0.05, 0) is 13.8 Å². The van der Waals surface area contributed by atoms with Crippen LogP contribution in [-0.4, -0.2) is 29.2 Å². The van der Waals surface area contributed by atoms with Crippen molar-refractivity contribution in [1.29, 1.82) is 0 Å². The fraction of sp³-hybridized carbons (Fsp3) is 0.833. The molecule has 0 aliphatic heterocycles. The van der Waals surface area contributed by atoms with Crippen LogP contribution in [0.4, 0.5) is 0 Å². The summed E-state index contributed by atoms with van der Waals surface area (Å²) in [7, 11) is 4.03. The number of hydrogen-bond donors (Lipinski definition) is 0. The van der Waals surface area contributed by atoms with Crippen molar-refractivity contribution in [2.45, 2.75) is 18.2 Å². The SMILES string of the molecule is C[N+](C)=CC(C)(C)Br. The molecule has 2 heteroatoms. The Hall–Kier alpha value is 0.150. The van der Waals surface area contributed by atoms with Crippen molar-refractivity contribution >= 4 is 22.1 Å². The van der Waals surface area contributed by atoms with E-state index in [0.717, 1.165) is 0 Å². The summed E-state index contributed by atoms with van der Waals surface area (Å²) in [6.45, 7) is 4.21. The Balaban J connectivity index is 3.89. The molecular formula is C6H13BrN+. The quantitative estimate of drug-likeness (QED) is 0.326. The van der Waals surface area contributed by atoms with E-state index in [2.05, 4.69) is 36.0 Å². The highest BCUT2D eigenvalue weighted by Crippen LogP contribution is 2.10. The van der Waals surface area contributed by atoms with E-state index in [9.17, 15) is 0 Å². The topological polar surface area (TPSA) is 3.01 Å². The summed E-state index contributed by atoms with van der Waals surface area (Å²) in [4.78, 5) is 0. The minimum atomic E-state index is 0.135. The van der Waals surface area contributed by atoms with Crippen molar-refractivity contribution in [2.24, 2.45) is 0 Å². The maximum Gasteiger partial charge on any atom is 0.155 e. The van der Waals surface area contributed by atoms with E-state index in [1.807, 2.05) is 18.7 Å². The van der Waals surface area contributed by atoms with Gasteiger partial charge in [-0.3, -0.25) is 0 Å². The second-order valence-corrected chi connectivity index (χ2v) is 4.70. The van der Waals surface area contributed by atoms with Crippen LogP contribution >= 0.6 is 15.9 Å². The highest BCUT2D eigenvalue weighted by molar-refractivity contribution is 9.10. The summed E-state index contributed by atoms with van der Waals surface area (Å²) in [5.74, 6) is 0. The summed E-state index contributed by atoms with van der Waals surface area (Å²) in [6.07, 6.45) is 2.10. The Morgan fingerprint density at radius 3 is 1.75 bits per heavy atom. The number of halogens is 1. The molecule has 0 unspecified atom stereocenters. The van der Waals surface area contributed by atoms with Crippen molar-refractivity contribution < 1.29 is 4.58 Å². The minimum Gasteiger partial charge on any atom is -0.244 e. The van der Waals surface area contributed by atoms with Crippen molar-refractivity contribution in [3.8, 4) is 0 Å². The zero-order valence-corrected chi connectivity index (χ0v) is 7.49. The van der Waals surface area contributed by atoms with E-state index < -0.39 is 0 Å². The second kappa shape index (κ2) is 2.62.